The van der Waals surface area contributed by atoms with Crippen molar-refractivity contribution in [1.29, 1.82) is 0 Å². The maximum atomic E-state index is 11.8. The Hall–Kier alpha value is -1.03. The minimum atomic E-state index is -1.09. The minimum absolute atomic E-state index is 0.264. The van der Waals surface area contributed by atoms with Crippen molar-refractivity contribution in [1.82, 2.24) is 0 Å². The van der Waals surface area contributed by atoms with E-state index in [0.29, 0.717) is 0 Å². The van der Waals surface area contributed by atoms with Crippen molar-refractivity contribution in [3.05, 3.63) is 24.3 Å². The minimum Gasteiger partial charge on any atom is -0.497 e. The Bertz CT molecular complexity index is 341. The van der Waals surface area contributed by atoms with Crippen molar-refractivity contribution < 1.29 is 8.95 Å². The fourth-order valence-electron chi connectivity index (χ4n) is 0.919. The molecule has 0 bridgehead atoms. The summed E-state index contributed by atoms with van der Waals surface area (Å²) in [5.74, 6) is 0.794. The van der Waals surface area contributed by atoms with Gasteiger partial charge in [0.15, 0.2) is 0 Å². The lowest BCUT2D eigenvalue weighted by atomic mass is 10.3. The van der Waals surface area contributed by atoms with Gasteiger partial charge < -0.3 is 9.46 Å². The van der Waals surface area contributed by atoms with Crippen LogP contribution >= 0.6 is 0 Å². The fraction of sp³-hybridized carbons (Fsp3) is 0.455. The van der Waals surface area contributed by atoms with Gasteiger partial charge in [-0.3, -0.25) is 0 Å². The average molecular weight is 227 g/mol. The number of hydrogen-bond donors (Lipinski definition) is 1. The molecule has 1 N–H and O–H groups in total. The quantitative estimate of drug-likeness (QED) is 0.862. The molecule has 1 aromatic rings. The van der Waals surface area contributed by atoms with E-state index in [-0.39, 0.29) is 4.75 Å². The SMILES string of the molecule is COc1ccc(N[S@](=O)C(C)(C)C)cc1. The van der Waals surface area contributed by atoms with Gasteiger partial charge in [-0.25, -0.2) is 4.21 Å². The molecule has 0 saturated heterocycles. The van der Waals surface area contributed by atoms with Crippen molar-refractivity contribution in [2.24, 2.45) is 0 Å². The van der Waals surface area contributed by atoms with E-state index in [4.69, 9.17) is 4.74 Å². The molecule has 0 radical (unpaired) electrons. The van der Waals surface area contributed by atoms with Gasteiger partial charge in [-0.2, -0.15) is 0 Å². The first-order valence-electron chi connectivity index (χ1n) is 4.76. The molecule has 0 saturated carbocycles. The van der Waals surface area contributed by atoms with Crippen LogP contribution in [0.2, 0.25) is 0 Å². The highest BCUT2D eigenvalue weighted by Crippen LogP contribution is 2.18. The van der Waals surface area contributed by atoms with E-state index in [1.165, 1.54) is 0 Å². The number of benzene rings is 1. The van der Waals surface area contributed by atoms with Crippen LogP contribution in [0.15, 0.2) is 24.3 Å². The first-order valence-corrected chi connectivity index (χ1v) is 5.91. The Balaban J connectivity index is 2.70. The fourth-order valence-corrected chi connectivity index (χ4v) is 1.58. The first kappa shape index (κ1) is 12.0. The number of ether oxygens (including phenoxy) is 1. The zero-order valence-electron chi connectivity index (χ0n) is 9.53. The standard InChI is InChI=1S/C11H17NO2S/c1-11(2,3)15(13)12-9-5-7-10(14-4)8-6-9/h5-8,12H,1-4H3/t15-/m1/s1. The van der Waals surface area contributed by atoms with Gasteiger partial charge in [0.2, 0.25) is 0 Å². The van der Waals surface area contributed by atoms with Crippen LogP contribution in [0, 0.1) is 0 Å². The van der Waals surface area contributed by atoms with E-state index in [2.05, 4.69) is 4.72 Å². The molecule has 84 valence electrons. The van der Waals surface area contributed by atoms with Crippen LogP contribution in [-0.2, 0) is 11.0 Å². The Labute approximate surface area is 93.4 Å². The Morgan fingerprint density at radius 3 is 2.13 bits per heavy atom. The number of hydrogen-bond acceptors (Lipinski definition) is 2. The van der Waals surface area contributed by atoms with Gasteiger partial charge in [-0.15, -0.1) is 0 Å². The third kappa shape index (κ3) is 3.55. The van der Waals surface area contributed by atoms with Crippen molar-refractivity contribution in [2.75, 3.05) is 11.8 Å². The molecule has 3 nitrogen and oxygen atoms in total. The summed E-state index contributed by atoms with van der Waals surface area (Å²) in [6.07, 6.45) is 0. The largest absolute Gasteiger partial charge is 0.497 e. The first-order chi connectivity index (χ1) is 6.93. The van der Waals surface area contributed by atoms with Crippen molar-refractivity contribution >= 4 is 16.7 Å². The second-order valence-corrected chi connectivity index (χ2v) is 6.18. The summed E-state index contributed by atoms with van der Waals surface area (Å²) in [6.45, 7) is 5.79. The van der Waals surface area contributed by atoms with Gasteiger partial charge in [-0.1, -0.05) is 0 Å². The summed E-state index contributed by atoms with van der Waals surface area (Å²) < 4.78 is 19.5. The van der Waals surface area contributed by atoms with Crippen LogP contribution in [0.25, 0.3) is 0 Å². The van der Waals surface area contributed by atoms with E-state index < -0.39 is 11.0 Å². The Kier molecular flexibility index (Phi) is 3.74. The monoisotopic (exact) mass is 227 g/mol. The van der Waals surface area contributed by atoms with Crippen LogP contribution < -0.4 is 9.46 Å². The van der Waals surface area contributed by atoms with Gasteiger partial charge in [0.25, 0.3) is 0 Å². The van der Waals surface area contributed by atoms with E-state index >= 15 is 0 Å². The Morgan fingerprint density at radius 1 is 1.20 bits per heavy atom. The maximum Gasteiger partial charge on any atom is 0.122 e. The molecule has 0 aromatic heterocycles. The molecule has 1 aromatic carbocycles. The normalized spacial score (nSPS) is 13.3. The van der Waals surface area contributed by atoms with Gasteiger partial charge >= 0.3 is 0 Å². The van der Waals surface area contributed by atoms with E-state index in [9.17, 15) is 4.21 Å². The van der Waals surface area contributed by atoms with Crippen molar-refractivity contribution in [3.8, 4) is 5.75 Å². The van der Waals surface area contributed by atoms with Crippen molar-refractivity contribution in [2.45, 2.75) is 25.5 Å². The van der Waals surface area contributed by atoms with E-state index in [1.807, 2.05) is 45.0 Å². The van der Waals surface area contributed by atoms with Crippen LogP contribution in [0.4, 0.5) is 5.69 Å². The lowest BCUT2D eigenvalue weighted by molar-refractivity contribution is 0.415. The lowest BCUT2D eigenvalue weighted by Crippen LogP contribution is -2.27. The lowest BCUT2D eigenvalue weighted by Gasteiger charge is -2.18. The third-order valence-electron chi connectivity index (χ3n) is 1.86. The van der Waals surface area contributed by atoms with Crippen LogP contribution in [0.3, 0.4) is 0 Å². The smallest absolute Gasteiger partial charge is 0.122 e. The molecule has 0 aliphatic rings. The molecule has 4 heteroatoms. The van der Waals surface area contributed by atoms with Gasteiger partial charge in [0, 0.05) is 5.69 Å². The zero-order valence-corrected chi connectivity index (χ0v) is 10.4. The summed E-state index contributed by atoms with van der Waals surface area (Å²) >= 11 is 0. The topological polar surface area (TPSA) is 38.3 Å². The molecule has 0 spiro atoms. The van der Waals surface area contributed by atoms with Crippen LogP contribution in [-0.4, -0.2) is 16.1 Å². The maximum absolute atomic E-state index is 11.8. The number of nitrogens with one attached hydrogen (secondary N) is 1. The van der Waals surface area contributed by atoms with Crippen LogP contribution in [0.5, 0.6) is 5.75 Å². The molecular weight excluding hydrogens is 210 g/mol. The predicted molar refractivity (Wildman–Crippen MR) is 64.5 cm³/mol. The summed E-state index contributed by atoms with van der Waals surface area (Å²) in [5, 5.41) is 0. The molecule has 0 aliphatic carbocycles. The summed E-state index contributed by atoms with van der Waals surface area (Å²) in [5.41, 5.74) is 0.837. The second kappa shape index (κ2) is 4.66. The molecule has 0 aliphatic heterocycles. The molecule has 0 fully saturated rings. The predicted octanol–water partition coefficient (Wildman–Crippen LogP) is 2.57. The van der Waals surface area contributed by atoms with Gasteiger partial charge in [0.05, 0.1) is 11.9 Å². The molecule has 1 atom stereocenters. The third-order valence-corrected chi connectivity index (χ3v) is 3.39. The van der Waals surface area contributed by atoms with Gasteiger partial charge in [-0.05, 0) is 45.0 Å². The number of anilines is 1. The molecule has 0 heterocycles. The molecule has 15 heavy (non-hydrogen) atoms. The zero-order chi connectivity index (χ0) is 11.5. The molecule has 0 amide bonds. The summed E-state index contributed by atoms with van der Waals surface area (Å²) in [4.78, 5) is 0. The number of rotatable bonds is 3. The number of methoxy groups -OCH3 is 1. The molecule has 0 unspecified atom stereocenters. The highest BCUT2D eigenvalue weighted by Gasteiger charge is 2.19. The van der Waals surface area contributed by atoms with Crippen molar-refractivity contribution in [3.63, 3.8) is 0 Å². The van der Waals surface area contributed by atoms with E-state index in [0.717, 1.165) is 11.4 Å². The van der Waals surface area contributed by atoms with E-state index in [1.54, 1.807) is 7.11 Å². The highest BCUT2D eigenvalue weighted by molar-refractivity contribution is 7.87. The molecule has 1 rings (SSSR count). The summed E-state index contributed by atoms with van der Waals surface area (Å²) in [6, 6.07) is 7.37. The average Bonchev–Trinajstić information content (AvgIpc) is 2.17. The Morgan fingerprint density at radius 2 is 1.73 bits per heavy atom. The van der Waals surface area contributed by atoms with Crippen LogP contribution in [0.1, 0.15) is 20.8 Å². The highest BCUT2D eigenvalue weighted by atomic mass is 32.2. The second-order valence-electron chi connectivity index (χ2n) is 4.21. The van der Waals surface area contributed by atoms with Gasteiger partial charge in [0.1, 0.15) is 16.7 Å². The molecular formula is C11H17NO2S. The summed E-state index contributed by atoms with van der Waals surface area (Å²) in [7, 11) is 0.533.